The van der Waals surface area contributed by atoms with Crippen molar-refractivity contribution >= 4 is 45.7 Å². The number of hydrogen-bond donors (Lipinski definition) is 0. The zero-order chi connectivity index (χ0) is 14.3. The monoisotopic (exact) mass is 322 g/mol. The van der Waals surface area contributed by atoms with Crippen LogP contribution in [0.5, 0.6) is 0 Å². The number of hydrogen-bond acceptors (Lipinski definition) is 2. The van der Waals surface area contributed by atoms with Gasteiger partial charge in [-0.05, 0) is 36.8 Å². The summed E-state index contributed by atoms with van der Waals surface area (Å²) in [6.45, 7) is 1.97. The summed E-state index contributed by atoms with van der Waals surface area (Å²) in [5.74, 6) is 0.473. The predicted octanol–water partition coefficient (Wildman–Crippen LogP) is 5.57. The van der Waals surface area contributed by atoms with Crippen molar-refractivity contribution in [1.29, 1.82) is 0 Å². The van der Waals surface area contributed by atoms with Crippen LogP contribution in [0.1, 0.15) is 5.56 Å². The molecule has 0 bridgehead atoms. The van der Waals surface area contributed by atoms with Gasteiger partial charge in [0.25, 0.3) is 0 Å². The van der Waals surface area contributed by atoms with Gasteiger partial charge >= 0.3 is 0 Å². The van der Waals surface area contributed by atoms with Gasteiger partial charge in [-0.2, -0.15) is 0 Å². The number of aromatic nitrogens is 2. The van der Waals surface area contributed by atoms with Crippen LogP contribution in [0, 0.1) is 6.92 Å². The van der Waals surface area contributed by atoms with Crippen LogP contribution in [0.3, 0.4) is 0 Å². The van der Waals surface area contributed by atoms with Gasteiger partial charge in [-0.25, -0.2) is 9.97 Å². The van der Waals surface area contributed by atoms with E-state index in [0.29, 0.717) is 26.5 Å². The van der Waals surface area contributed by atoms with E-state index in [1.54, 1.807) is 6.07 Å². The minimum absolute atomic E-state index is 0.365. The van der Waals surface area contributed by atoms with Crippen LogP contribution in [0.15, 0.2) is 36.4 Å². The maximum atomic E-state index is 6.25. The third-order valence-corrected chi connectivity index (χ3v) is 3.90. The summed E-state index contributed by atoms with van der Waals surface area (Å²) >= 11 is 18.6. The first-order valence-corrected chi connectivity index (χ1v) is 7.08. The molecule has 3 rings (SSSR count). The Labute approximate surface area is 131 Å². The Morgan fingerprint density at radius 1 is 0.900 bits per heavy atom. The van der Waals surface area contributed by atoms with Crippen molar-refractivity contribution < 1.29 is 0 Å². The minimum atomic E-state index is 0.365. The van der Waals surface area contributed by atoms with E-state index >= 15 is 0 Å². The molecule has 1 heterocycles. The van der Waals surface area contributed by atoms with Crippen molar-refractivity contribution in [2.45, 2.75) is 6.92 Å². The minimum Gasteiger partial charge on any atom is -0.226 e. The van der Waals surface area contributed by atoms with Gasteiger partial charge in [-0.15, -0.1) is 0 Å². The second-order valence-corrected chi connectivity index (χ2v) is 5.63. The standard InChI is InChI=1S/C15H9Cl3N2/c1-8-5-6-9(12(17)7-8)15-19-13-10(14(18)20-15)3-2-4-11(13)16/h2-7H,1H3. The van der Waals surface area contributed by atoms with Crippen LogP contribution in [0.4, 0.5) is 0 Å². The zero-order valence-corrected chi connectivity index (χ0v) is 12.8. The summed E-state index contributed by atoms with van der Waals surface area (Å²) in [6.07, 6.45) is 0. The Hall–Kier alpha value is -1.35. The fraction of sp³-hybridized carbons (Fsp3) is 0.0667. The Balaban J connectivity index is 2.29. The maximum absolute atomic E-state index is 6.25. The highest BCUT2D eigenvalue weighted by molar-refractivity contribution is 6.38. The fourth-order valence-electron chi connectivity index (χ4n) is 2.00. The molecule has 2 aromatic carbocycles. The molecule has 0 amide bonds. The molecule has 1 aromatic heterocycles. The number of para-hydroxylation sites is 1. The summed E-state index contributed by atoms with van der Waals surface area (Å²) < 4.78 is 0. The van der Waals surface area contributed by atoms with Gasteiger partial charge in [-0.3, -0.25) is 0 Å². The Kier molecular flexibility index (Phi) is 3.55. The predicted molar refractivity (Wildman–Crippen MR) is 84.7 cm³/mol. The zero-order valence-electron chi connectivity index (χ0n) is 10.5. The van der Waals surface area contributed by atoms with Crippen molar-refractivity contribution in [2.24, 2.45) is 0 Å². The number of rotatable bonds is 1. The van der Waals surface area contributed by atoms with Crippen LogP contribution in [-0.2, 0) is 0 Å². The topological polar surface area (TPSA) is 25.8 Å². The summed E-state index contributed by atoms with van der Waals surface area (Å²) in [7, 11) is 0. The van der Waals surface area contributed by atoms with E-state index in [-0.39, 0.29) is 0 Å². The molecular weight excluding hydrogens is 315 g/mol. The van der Waals surface area contributed by atoms with Gasteiger partial charge in [0.15, 0.2) is 5.82 Å². The smallest absolute Gasteiger partial charge is 0.163 e. The average Bonchev–Trinajstić information content (AvgIpc) is 2.40. The highest BCUT2D eigenvalue weighted by Gasteiger charge is 2.12. The van der Waals surface area contributed by atoms with E-state index in [2.05, 4.69) is 9.97 Å². The van der Waals surface area contributed by atoms with Gasteiger partial charge in [0.2, 0.25) is 0 Å². The maximum Gasteiger partial charge on any atom is 0.163 e. The molecule has 0 fully saturated rings. The number of aryl methyl sites for hydroxylation is 1. The molecular formula is C15H9Cl3N2. The molecule has 20 heavy (non-hydrogen) atoms. The molecule has 0 aliphatic heterocycles. The summed E-state index contributed by atoms with van der Waals surface area (Å²) in [6, 6.07) is 11.1. The third-order valence-electron chi connectivity index (χ3n) is 3.00. The number of halogens is 3. The molecule has 0 spiro atoms. The van der Waals surface area contributed by atoms with Gasteiger partial charge < -0.3 is 0 Å². The summed E-state index contributed by atoms with van der Waals surface area (Å²) in [4.78, 5) is 8.80. The van der Waals surface area contributed by atoms with Crippen LogP contribution in [0.2, 0.25) is 15.2 Å². The number of benzene rings is 2. The Bertz CT molecular complexity index is 816. The van der Waals surface area contributed by atoms with Gasteiger partial charge in [-0.1, -0.05) is 46.9 Å². The van der Waals surface area contributed by atoms with E-state index < -0.39 is 0 Å². The van der Waals surface area contributed by atoms with E-state index in [4.69, 9.17) is 34.8 Å². The lowest BCUT2D eigenvalue weighted by Gasteiger charge is -2.07. The highest BCUT2D eigenvalue weighted by atomic mass is 35.5. The molecule has 0 atom stereocenters. The van der Waals surface area contributed by atoms with E-state index in [1.807, 2.05) is 37.3 Å². The normalized spacial score (nSPS) is 11.0. The van der Waals surface area contributed by atoms with E-state index in [9.17, 15) is 0 Å². The van der Waals surface area contributed by atoms with Crippen LogP contribution in [0.25, 0.3) is 22.3 Å². The molecule has 3 aromatic rings. The highest BCUT2D eigenvalue weighted by Crippen LogP contribution is 2.32. The third kappa shape index (κ3) is 2.35. The Morgan fingerprint density at radius 2 is 1.70 bits per heavy atom. The molecule has 0 aliphatic carbocycles. The van der Waals surface area contributed by atoms with Gasteiger partial charge in [0.05, 0.1) is 15.6 Å². The van der Waals surface area contributed by atoms with Crippen molar-refractivity contribution in [1.82, 2.24) is 9.97 Å². The lowest BCUT2D eigenvalue weighted by atomic mass is 10.1. The molecule has 0 aliphatic rings. The van der Waals surface area contributed by atoms with Crippen LogP contribution < -0.4 is 0 Å². The van der Waals surface area contributed by atoms with Crippen molar-refractivity contribution in [3.05, 3.63) is 57.2 Å². The second kappa shape index (κ2) is 5.21. The van der Waals surface area contributed by atoms with Crippen LogP contribution in [-0.4, -0.2) is 9.97 Å². The van der Waals surface area contributed by atoms with Crippen molar-refractivity contribution in [3.8, 4) is 11.4 Å². The van der Waals surface area contributed by atoms with Crippen LogP contribution >= 0.6 is 34.8 Å². The molecule has 0 N–H and O–H groups in total. The van der Waals surface area contributed by atoms with Crippen molar-refractivity contribution in [2.75, 3.05) is 0 Å². The first-order chi connectivity index (χ1) is 9.56. The van der Waals surface area contributed by atoms with Gasteiger partial charge in [0, 0.05) is 10.9 Å². The molecule has 0 saturated heterocycles. The molecule has 0 radical (unpaired) electrons. The quantitative estimate of drug-likeness (QED) is 0.547. The van der Waals surface area contributed by atoms with E-state index in [0.717, 1.165) is 16.5 Å². The second-order valence-electron chi connectivity index (χ2n) is 4.46. The first-order valence-electron chi connectivity index (χ1n) is 5.94. The number of fused-ring (bicyclic) bond motifs is 1. The molecule has 0 saturated carbocycles. The Morgan fingerprint density at radius 3 is 2.45 bits per heavy atom. The van der Waals surface area contributed by atoms with Crippen molar-refractivity contribution in [3.63, 3.8) is 0 Å². The molecule has 5 heteroatoms. The first kappa shape index (κ1) is 13.6. The summed E-state index contributed by atoms with van der Waals surface area (Å²) in [5, 5.41) is 2.22. The van der Waals surface area contributed by atoms with E-state index in [1.165, 1.54) is 0 Å². The lowest BCUT2D eigenvalue weighted by Crippen LogP contribution is -1.93. The molecule has 2 nitrogen and oxygen atoms in total. The fourth-order valence-corrected chi connectivity index (χ4v) is 2.77. The van der Waals surface area contributed by atoms with Gasteiger partial charge in [0.1, 0.15) is 5.15 Å². The SMILES string of the molecule is Cc1ccc(-c2nc(Cl)c3cccc(Cl)c3n2)c(Cl)c1. The average molecular weight is 324 g/mol. The number of nitrogens with zero attached hydrogens (tertiary/aromatic N) is 2. The largest absolute Gasteiger partial charge is 0.226 e. The lowest BCUT2D eigenvalue weighted by molar-refractivity contribution is 1.22. The summed E-state index contributed by atoms with van der Waals surface area (Å²) in [5.41, 5.74) is 2.44. The molecule has 100 valence electrons. The molecule has 0 unspecified atom stereocenters.